The molecule has 0 saturated carbocycles. The Morgan fingerprint density at radius 1 is 0.690 bits per heavy atom. The Morgan fingerprint density at radius 3 is 1.86 bits per heavy atom. The van der Waals surface area contributed by atoms with Crippen molar-refractivity contribution in [2.24, 2.45) is 0 Å². The van der Waals surface area contributed by atoms with Crippen LogP contribution in [0.3, 0.4) is 0 Å². The normalized spacial score (nSPS) is 43.0. The van der Waals surface area contributed by atoms with Crippen LogP contribution in [0.15, 0.2) is 24.3 Å². The largest absolute Gasteiger partial charge is 0.497 e. The van der Waals surface area contributed by atoms with Crippen LogP contribution in [0.25, 0.3) is 0 Å². The van der Waals surface area contributed by atoms with Crippen LogP contribution in [0.1, 0.15) is 13.8 Å². The summed E-state index contributed by atoms with van der Waals surface area (Å²) in [6.07, 6.45) is -12.4. The zero-order chi connectivity index (χ0) is 21.3. The van der Waals surface area contributed by atoms with Crippen LogP contribution >= 0.6 is 0 Å². The first-order chi connectivity index (χ1) is 13.7. The van der Waals surface area contributed by atoms with E-state index >= 15 is 0 Å². The Bertz CT molecular complexity index is 655. The number of hydrogen-bond acceptors (Lipinski definition) is 10. The molecule has 2 heterocycles. The second-order valence-corrected chi connectivity index (χ2v) is 7.27. The van der Waals surface area contributed by atoms with Crippen molar-refractivity contribution in [2.45, 2.75) is 75.3 Å². The maximum atomic E-state index is 10.7. The molecule has 29 heavy (non-hydrogen) atoms. The summed E-state index contributed by atoms with van der Waals surface area (Å²) in [6, 6.07) is 6.62. The molecule has 0 bridgehead atoms. The maximum absolute atomic E-state index is 10.7. The van der Waals surface area contributed by atoms with Gasteiger partial charge in [0.1, 0.15) is 48.1 Å². The second-order valence-electron chi connectivity index (χ2n) is 7.27. The van der Waals surface area contributed by atoms with Gasteiger partial charge < -0.3 is 49.2 Å². The molecule has 1 aromatic carbocycles. The van der Waals surface area contributed by atoms with Crippen LogP contribution in [0.2, 0.25) is 0 Å². The highest BCUT2D eigenvalue weighted by Crippen LogP contribution is 2.30. The van der Waals surface area contributed by atoms with Crippen molar-refractivity contribution in [3.8, 4) is 11.5 Å². The van der Waals surface area contributed by atoms with Crippen molar-refractivity contribution in [1.82, 2.24) is 0 Å². The summed E-state index contributed by atoms with van der Waals surface area (Å²) in [4.78, 5) is 0. The minimum absolute atomic E-state index is 0.401. The molecule has 0 radical (unpaired) electrons. The van der Waals surface area contributed by atoms with Gasteiger partial charge in [-0.15, -0.1) is 0 Å². The van der Waals surface area contributed by atoms with E-state index in [1.807, 2.05) is 0 Å². The molecule has 0 unspecified atom stereocenters. The second kappa shape index (κ2) is 9.11. The topological polar surface area (TPSA) is 147 Å². The predicted octanol–water partition coefficient (Wildman–Crippen LogP) is -1.25. The number of rotatable bonds is 5. The lowest BCUT2D eigenvalue weighted by atomic mass is 9.97. The van der Waals surface area contributed by atoms with Gasteiger partial charge in [0.15, 0.2) is 6.29 Å². The van der Waals surface area contributed by atoms with E-state index in [0.29, 0.717) is 11.5 Å². The first-order valence-corrected chi connectivity index (χ1v) is 9.40. The van der Waals surface area contributed by atoms with Gasteiger partial charge in [-0.2, -0.15) is 0 Å². The number of aliphatic hydroxyl groups excluding tert-OH is 5. The molecule has 1 aromatic rings. The van der Waals surface area contributed by atoms with Crippen LogP contribution in [-0.2, 0) is 14.2 Å². The first kappa shape index (κ1) is 22.2. The highest BCUT2D eigenvalue weighted by Gasteiger charge is 2.49. The summed E-state index contributed by atoms with van der Waals surface area (Å²) < 4.78 is 27.3. The Kier molecular flexibility index (Phi) is 6.97. The molecule has 5 N–H and O–H groups in total. The Labute approximate surface area is 168 Å². The lowest BCUT2D eigenvalue weighted by molar-refractivity contribution is -0.346. The van der Waals surface area contributed by atoms with Gasteiger partial charge in [0.05, 0.1) is 19.3 Å². The molecule has 164 valence electrons. The van der Waals surface area contributed by atoms with Gasteiger partial charge in [0, 0.05) is 0 Å². The lowest BCUT2D eigenvalue weighted by Crippen LogP contribution is -2.63. The smallest absolute Gasteiger partial charge is 0.229 e. The Morgan fingerprint density at radius 2 is 1.24 bits per heavy atom. The number of ether oxygens (including phenoxy) is 5. The average molecular weight is 416 g/mol. The van der Waals surface area contributed by atoms with E-state index in [1.165, 1.54) is 14.0 Å². The maximum Gasteiger partial charge on any atom is 0.229 e. The molecule has 0 aliphatic carbocycles. The molecule has 2 aliphatic rings. The van der Waals surface area contributed by atoms with E-state index in [1.54, 1.807) is 31.2 Å². The third kappa shape index (κ3) is 4.65. The molecule has 10 nitrogen and oxygen atoms in total. The standard InChI is InChI=1S/C19H28O10/c1-8-12(20)14(22)15(23)18(26-8)29-17-13(21)9(2)27-19(16(17)24)28-11-6-4-10(25-3)5-7-11/h4-9,12-24H,1-3H3/t8-,9-,12-,13+,14+,15+,16-,17+,18-,19-/m0/s1. The molecule has 0 amide bonds. The van der Waals surface area contributed by atoms with Crippen LogP contribution in [-0.4, -0.2) is 94.1 Å². The molecule has 0 spiro atoms. The molecule has 2 fully saturated rings. The van der Waals surface area contributed by atoms with Gasteiger partial charge in [-0.05, 0) is 38.1 Å². The molecule has 2 saturated heterocycles. The number of hydrogen-bond donors (Lipinski definition) is 5. The molecule has 10 atom stereocenters. The summed E-state index contributed by atoms with van der Waals surface area (Å²) in [5, 5.41) is 51.0. The van der Waals surface area contributed by atoms with Gasteiger partial charge in [0.2, 0.25) is 6.29 Å². The zero-order valence-electron chi connectivity index (χ0n) is 16.4. The summed E-state index contributed by atoms with van der Waals surface area (Å²) in [7, 11) is 1.54. The molecular weight excluding hydrogens is 388 g/mol. The van der Waals surface area contributed by atoms with Crippen LogP contribution < -0.4 is 9.47 Å². The highest BCUT2D eigenvalue weighted by atomic mass is 16.7. The number of benzene rings is 1. The van der Waals surface area contributed by atoms with Gasteiger partial charge >= 0.3 is 0 Å². The summed E-state index contributed by atoms with van der Waals surface area (Å²) in [5.74, 6) is 1.03. The predicted molar refractivity (Wildman–Crippen MR) is 97.2 cm³/mol. The van der Waals surface area contributed by atoms with E-state index in [-0.39, 0.29) is 0 Å². The summed E-state index contributed by atoms with van der Waals surface area (Å²) in [5.41, 5.74) is 0. The van der Waals surface area contributed by atoms with Gasteiger partial charge in [-0.3, -0.25) is 0 Å². The van der Waals surface area contributed by atoms with Crippen LogP contribution in [0.5, 0.6) is 11.5 Å². The number of methoxy groups -OCH3 is 1. The first-order valence-electron chi connectivity index (χ1n) is 9.40. The van der Waals surface area contributed by atoms with Crippen molar-refractivity contribution in [1.29, 1.82) is 0 Å². The molecule has 10 heteroatoms. The van der Waals surface area contributed by atoms with E-state index in [9.17, 15) is 25.5 Å². The highest BCUT2D eigenvalue weighted by molar-refractivity contribution is 5.31. The van der Waals surface area contributed by atoms with Gasteiger partial charge in [-0.25, -0.2) is 0 Å². The summed E-state index contributed by atoms with van der Waals surface area (Å²) in [6.45, 7) is 3.09. The quantitative estimate of drug-likeness (QED) is 0.394. The van der Waals surface area contributed by atoms with E-state index in [4.69, 9.17) is 23.7 Å². The molecule has 3 rings (SSSR count). The van der Waals surface area contributed by atoms with E-state index in [0.717, 1.165) is 0 Å². The fraction of sp³-hybridized carbons (Fsp3) is 0.684. The minimum Gasteiger partial charge on any atom is -0.497 e. The van der Waals surface area contributed by atoms with E-state index < -0.39 is 61.4 Å². The van der Waals surface area contributed by atoms with Crippen molar-refractivity contribution in [3.05, 3.63) is 24.3 Å². The Balaban J connectivity index is 1.71. The molecule has 0 aromatic heterocycles. The lowest BCUT2D eigenvalue weighted by Gasteiger charge is -2.45. The third-order valence-electron chi connectivity index (χ3n) is 5.19. The van der Waals surface area contributed by atoms with Gasteiger partial charge in [0.25, 0.3) is 0 Å². The summed E-state index contributed by atoms with van der Waals surface area (Å²) >= 11 is 0. The SMILES string of the molecule is COc1ccc(O[C@@H]2O[C@@H](C)[C@@H](O)[C@@H](O[C@@H]3O[C@@H](C)[C@H](O)[C@@H](O)[C@H]3O)[C@@H]2O)cc1. The average Bonchev–Trinajstić information content (AvgIpc) is 2.71. The molecule has 2 aliphatic heterocycles. The van der Waals surface area contributed by atoms with E-state index in [2.05, 4.69) is 0 Å². The Hall–Kier alpha value is -1.50. The zero-order valence-corrected chi connectivity index (χ0v) is 16.4. The van der Waals surface area contributed by atoms with Crippen molar-refractivity contribution < 1.29 is 49.2 Å². The van der Waals surface area contributed by atoms with Crippen LogP contribution in [0.4, 0.5) is 0 Å². The minimum atomic E-state index is -1.57. The van der Waals surface area contributed by atoms with Crippen molar-refractivity contribution in [2.75, 3.05) is 7.11 Å². The monoisotopic (exact) mass is 416 g/mol. The number of aliphatic hydroxyl groups is 5. The van der Waals surface area contributed by atoms with Gasteiger partial charge in [-0.1, -0.05) is 0 Å². The fourth-order valence-corrected chi connectivity index (χ4v) is 3.32. The van der Waals surface area contributed by atoms with Crippen molar-refractivity contribution in [3.63, 3.8) is 0 Å². The van der Waals surface area contributed by atoms with Crippen molar-refractivity contribution >= 4 is 0 Å². The fourth-order valence-electron chi connectivity index (χ4n) is 3.32. The van der Waals surface area contributed by atoms with Crippen LogP contribution in [0, 0.1) is 0 Å². The third-order valence-corrected chi connectivity index (χ3v) is 5.19. The molecular formula is C19H28O10.